The third kappa shape index (κ3) is 3.77. The summed E-state index contributed by atoms with van der Waals surface area (Å²) in [5.41, 5.74) is -0.874. The predicted molar refractivity (Wildman–Crippen MR) is 111 cm³/mol. The van der Waals surface area contributed by atoms with E-state index in [0.717, 1.165) is 38.5 Å². The molecule has 3 heterocycles. The molecule has 2 fully saturated rings. The van der Waals surface area contributed by atoms with Gasteiger partial charge in [-0.3, -0.25) is 14.5 Å². The summed E-state index contributed by atoms with van der Waals surface area (Å²) in [5.74, 6) is 0.794. The number of urea groups is 1. The lowest BCUT2D eigenvalue weighted by Crippen LogP contribution is -2.56. The third-order valence-corrected chi connectivity index (χ3v) is 6.86. The van der Waals surface area contributed by atoms with Gasteiger partial charge >= 0.3 is 6.03 Å². The normalized spacial score (nSPS) is 27.6. The van der Waals surface area contributed by atoms with E-state index in [1.54, 1.807) is 18.4 Å². The minimum atomic E-state index is -0.874. The molecule has 7 nitrogen and oxygen atoms in total. The highest BCUT2D eigenvalue weighted by atomic mass is 16.3. The van der Waals surface area contributed by atoms with Gasteiger partial charge in [0.2, 0.25) is 5.91 Å². The summed E-state index contributed by atoms with van der Waals surface area (Å²) < 4.78 is 5.34. The Hall–Kier alpha value is -2.57. The van der Waals surface area contributed by atoms with Crippen molar-refractivity contribution in [3.63, 3.8) is 0 Å². The van der Waals surface area contributed by atoms with Crippen LogP contribution in [0.25, 0.3) is 0 Å². The van der Waals surface area contributed by atoms with Crippen LogP contribution in [0.4, 0.5) is 4.79 Å². The van der Waals surface area contributed by atoms with Crippen molar-refractivity contribution in [2.75, 3.05) is 13.1 Å². The van der Waals surface area contributed by atoms with E-state index in [2.05, 4.69) is 17.5 Å². The van der Waals surface area contributed by atoms with E-state index >= 15 is 0 Å². The molecule has 1 aromatic heterocycles. The van der Waals surface area contributed by atoms with Gasteiger partial charge in [0.25, 0.3) is 5.91 Å². The average Bonchev–Trinajstić information content (AvgIpc) is 3.37. The number of allylic oxidation sites excluding steroid dienone is 2. The maximum Gasteiger partial charge on any atom is 0.325 e. The number of hydrogen-bond acceptors (Lipinski definition) is 4. The number of carbonyl (C=O) groups excluding carboxylic acids is 3. The van der Waals surface area contributed by atoms with Crippen molar-refractivity contribution < 1.29 is 18.8 Å². The van der Waals surface area contributed by atoms with Crippen LogP contribution in [-0.2, 0) is 16.1 Å². The monoisotopic (exact) mass is 413 g/mol. The molecule has 0 saturated carbocycles. The molecule has 2 aliphatic heterocycles. The molecule has 4 amide bonds. The molecule has 0 unspecified atom stereocenters. The van der Waals surface area contributed by atoms with Gasteiger partial charge in [-0.25, -0.2) is 4.79 Å². The van der Waals surface area contributed by atoms with Gasteiger partial charge in [-0.2, -0.15) is 0 Å². The van der Waals surface area contributed by atoms with Crippen LogP contribution in [-0.4, -0.2) is 46.3 Å². The summed E-state index contributed by atoms with van der Waals surface area (Å²) in [6, 6.07) is 3.17. The first kappa shape index (κ1) is 20.7. The van der Waals surface area contributed by atoms with Crippen molar-refractivity contribution in [1.29, 1.82) is 0 Å². The van der Waals surface area contributed by atoms with Crippen LogP contribution < -0.4 is 5.32 Å². The van der Waals surface area contributed by atoms with Crippen molar-refractivity contribution in [3.8, 4) is 0 Å². The lowest BCUT2D eigenvalue weighted by atomic mass is 9.74. The molecule has 1 aromatic rings. The Labute approximate surface area is 177 Å². The van der Waals surface area contributed by atoms with E-state index in [1.165, 1.54) is 4.90 Å². The van der Waals surface area contributed by atoms with Gasteiger partial charge in [0.05, 0.1) is 12.8 Å². The molecular formula is C23H31N3O4. The second-order valence-electron chi connectivity index (χ2n) is 8.70. The van der Waals surface area contributed by atoms with Crippen molar-refractivity contribution in [2.45, 2.75) is 64.0 Å². The molecule has 4 rings (SSSR count). The van der Waals surface area contributed by atoms with Crippen molar-refractivity contribution in [2.24, 2.45) is 11.8 Å². The number of amides is 4. The SMILES string of the molecule is CCC[C@@]1(C2CCN(C(=O)[C@@H]3CC=CCC3)CC2)NC(=O)N(Cc2ccco2)C1=O. The van der Waals surface area contributed by atoms with Gasteiger partial charge in [-0.1, -0.05) is 25.5 Å². The maximum atomic E-state index is 13.4. The summed E-state index contributed by atoms with van der Waals surface area (Å²) in [7, 11) is 0. The van der Waals surface area contributed by atoms with E-state index in [0.29, 0.717) is 25.3 Å². The zero-order chi connectivity index (χ0) is 21.1. The van der Waals surface area contributed by atoms with E-state index in [9.17, 15) is 14.4 Å². The number of piperidine rings is 1. The van der Waals surface area contributed by atoms with Gasteiger partial charge in [-0.05, 0) is 56.6 Å². The smallest absolute Gasteiger partial charge is 0.325 e. The molecule has 2 atom stereocenters. The average molecular weight is 414 g/mol. The van der Waals surface area contributed by atoms with Crippen LogP contribution in [0.2, 0.25) is 0 Å². The first-order valence-electron chi connectivity index (χ1n) is 11.2. The number of nitrogens with zero attached hydrogens (tertiary/aromatic N) is 2. The number of carbonyl (C=O) groups is 3. The topological polar surface area (TPSA) is 82.9 Å². The van der Waals surface area contributed by atoms with Crippen molar-refractivity contribution in [1.82, 2.24) is 15.1 Å². The van der Waals surface area contributed by atoms with Crippen molar-refractivity contribution in [3.05, 3.63) is 36.3 Å². The molecule has 0 radical (unpaired) electrons. The fraction of sp³-hybridized carbons (Fsp3) is 0.609. The van der Waals surface area contributed by atoms with Gasteiger partial charge in [-0.15, -0.1) is 0 Å². The highest BCUT2D eigenvalue weighted by Crippen LogP contribution is 2.38. The predicted octanol–water partition coefficient (Wildman–Crippen LogP) is 3.47. The Morgan fingerprint density at radius 1 is 1.23 bits per heavy atom. The Balaban J connectivity index is 1.44. The first-order valence-corrected chi connectivity index (χ1v) is 11.2. The highest BCUT2D eigenvalue weighted by molar-refractivity contribution is 6.07. The lowest BCUT2D eigenvalue weighted by molar-refractivity contribution is -0.139. The number of nitrogens with one attached hydrogen (secondary N) is 1. The maximum absolute atomic E-state index is 13.4. The van der Waals surface area contributed by atoms with E-state index in [1.807, 2.05) is 11.8 Å². The minimum Gasteiger partial charge on any atom is -0.467 e. The van der Waals surface area contributed by atoms with Gasteiger partial charge in [0.1, 0.15) is 11.3 Å². The lowest BCUT2D eigenvalue weighted by Gasteiger charge is -2.41. The number of furan rings is 1. The fourth-order valence-electron chi connectivity index (χ4n) is 5.26. The standard InChI is InChI=1S/C23H31N3O4/c1-2-12-23(21(28)26(22(29)24-23)16-19-9-6-15-30-19)18-10-13-25(14-11-18)20(27)17-7-4-3-5-8-17/h3-4,6,9,15,17-18H,2,5,7-8,10-14,16H2,1H3,(H,24,29)/t17-,23+/m1/s1. The van der Waals surface area contributed by atoms with Gasteiger partial charge in [0.15, 0.2) is 0 Å². The molecule has 2 saturated heterocycles. The molecule has 30 heavy (non-hydrogen) atoms. The summed E-state index contributed by atoms with van der Waals surface area (Å²) in [6.07, 6.45) is 11.4. The molecule has 162 valence electrons. The zero-order valence-corrected chi connectivity index (χ0v) is 17.6. The van der Waals surface area contributed by atoms with E-state index in [4.69, 9.17) is 4.42 Å². The fourth-order valence-corrected chi connectivity index (χ4v) is 5.26. The molecule has 1 aliphatic carbocycles. The second-order valence-corrected chi connectivity index (χ2v) is 8.70. The van der Waals surface area contributed by atoms with E-state index in [-0.39, 0.29) is 36.2 Å². The van der Waals surface area contributed by atoms with Crippen molar-refractivity contribution >= 4 is 17.8 Å². The van der Waals surface area contributed by atoms with Crippen LogP contribution in [0.15, 0.2) is 35.0 Å². The molecule has 7 heteroatoms. The summed E-state index contributed by atoms with van der Waals surface area (Å²) in [5, 5.41) is 3.04. The molecule has 0 aromatic carbocycles. The number of likely N-dealkylation sites (tertiary alicyclic amines) is 1. The van der Waals surface area contributed by atoms with E-state index < -0.39 is 5.54 Å². The first-order chi connectivity index (χ1) is 14.5. The number of imide groups is 1. The van der Waals surface area contributed by atoms with Gasteiger partial charge in [0, 0.05) is 19.0 Å². The Morgan fingerprint density at radius 2 is 2.03 bits per heavy atom. The Bertz CT molecular complexity index is 810. The quantitative estimate of drug-likeness (QED) is 0.572. The molecular weight excluding hydrogens is 382 g/mol. The molecule has 1 N–H and O–H groups in total. The van der Waals surface area contributed by atoms with Crippen LogP contribution in [0.5, 0.6) is 0 Å². The molecule has 0 bridgehead atoms. The third-order valence-electron chi connectivity index (χ3n) is 6.86. The minimum absolute atomic E-state index is 0.0332. The largest absolute Gasteiger partial charge is 0.467 e. The van der Waals surface area contributed by atoms with Crippen LogP contribution in [0.3, 0.4) is 0 Å². The Morgan fingerprint density at radius 3 is 2.67 bits per heavy atom. The second kappa shape index (κ2) is 8.66. The molecule has 0 spiro atoms. The molecule has 3 aliphatic rings. The highest BCUT2D eigenvalue weighted by Gasteiger charge is 2.55. The zero-order valence-electron chi connectivity index (χ0n) is 17.6. The summed E-state index contributed by atoms with van der Waals surface area (Å²) in [4.78, 5) is 42.2. The number of hydrogen-bond donors (Lipinski definition) is 1. The van der Waals surface area contributed by atoms with Crippen LogP contribution in [0.1, 0.15) is 57.6 Å². The Kier molecular flexibility index (Phi) is 5.97. The van der Waals surface area contributed by atoms with Crippen LogP contribution >= 0.6 is 0 Å². The summed E-state index contributed by atoms with van der Waals surface area (Å²) >= 11 is 0. The number of rotatable bonds is 6. The summed E-state index contributed by atoms with van der Waals surface area (Å²) in [6.45, 7) is 3.48. The van der Waals surface area contributed by atoms with Gasteiger partial charge < -0.3 is 14.6 Å². The van der Waals surface area contributed by atoms with Crippen LogP contribution in [0, 0.1) is 11.8 Å².